The molecule has 1 heterocycles. The molecule has 2 aromatic rings. The highest BCUT2D eigenvalue weighted by Gasteiger charge is 2.20. The van der Waals surface area contributed by atoms with Gasteiger partial charge in [-0.2, -0.15) is 5.10 Å². The number of primary sulfonamides is 1. The molecule has 1 aromatic carbocycles. The second kappa shape index (κ2) is 6.81. The van der Waals surface area contributed by atoms with Crippen LogP contribution in [0.15, 0.2) is 35.4 Å². The largest absolute Gasteiger partial charge is 0.374 e. The summed E-state index contributed by atoms with van der Waals surface area (Å²) < 4.78 is 24.6. The minimum absolute atomic E-state index is 0.216. The van der Waals surface area contributed by atoms with Crippen molar-refractivity contribution in [2.45, 2.75) is 43.2 Å². The Morgan fingerprint density at radius 3 is 2.68 bits per heavy atom. The summed E-state index contributed by atoms with van der Waals surface area (Å²) in [5, 5.41) is 23.7. The molecule has 0 unspecified atom stereocenters. The number of nitrogens with zero attached hydrogens (tertiary/aromatic N) is 3. The van der Waals surface area contributed by atoms with Crippen LogP contribution in [0.1, 0.15) is 37.4 Å². The Bertz CT molecular complexity index is 887. The van der Waals surface area contributed by atoms with Crippen LogP contribution in [0, 0.1) is 10.1 Å². The molecule has 1 aliphatic carbocycles. The number of nitrogens with one attached hydrogen (secondary N) is 1. The zero-order chi connectivity index (χ0) is 18.0. The zero-order valence-corrected chi connectivity index (χ0v) is 14.3. The summed E-state index contributed by atoms with van der Waals surface area (Å²) in [4.78, 5) is 10.3. The number of hydrogen-bond acceptors (Lipinski definition) is 6. The highest BCUT2D eigenvalue weighted by atomic mass is 32.2. The first kappa shape index (κ1) is 17.4. The SMILES string of the molecule is NS(=O)(=O)c1ccc(NCc2ccn(C3CCCC3)n2)c([N+](=O)[O-])c1. The van der Waals surface area contributed by atoms with Gasteiger partial charge in [-0.25, -0.2) is 13.6 Å². The van der Waals surface area contributed by atoms with E-state index in [9.17, 15) is 18.5 Å². The molecule has 3 N–H and O–H groups in total. The first-order valence-electron chi connectivity index (χ1n) is 7.94. The molecule has 0 atom stereocenters. The van der Waals surface area contributed by atoms with Gasteiger partial charge >= 0.3 is 0 Å². The number of benzene rings is 1. The van der Waals surface area contributed by atoms with Crippen LogP contribution in [0.2, 0.25) is 0 Å². The lowest BCUT2D eigenvalue weighted by molar-refractivity contribution is -0.384. The third-order valence-electron chi connectivity index (χ3n) is 4.32. The minimum Gasteiger partial charge on any atom is -0.374 e. The fourth-order valence-electron chi connectivity index (χ4n) is 3.02. The van der Waals surface area contributed by atoms with E-state index in [2.05, 4.69) is 10.4 Å². The first-order chi connectivity index (χ1) is 11.8. The van der Waals surface area contributed by atoms with Crippen molar-refractivity contribution in [3.63, 3.8) is 0 Å². The maximum atomic E-state index is 11.3. The molecule has 0 amide bonds. The van der Waals surface area contributed by atoms with Gasteiger partial charge in [-0.1, -0.05) is 12.8 Å². The Morgan fingerprint density at radius 1 is 1.32 bits per heavy atom. The normalized spacial score (nSPS) is 15.4. The average Bonchev–Trinajstić information content (AvgIpc) is 3.22. The molecule has 134 valence electrons. The maximum Gasteiger partial charge on any atom is 0.293 e. The molecular weight excluding hydrogens is 346 g/mol. The minimum atomic E-state index is -4.00. The maximum absolute atomic E-state index is 11.3. The van der Waals surface area contributed by atoms with Crippen LogP contribution in [0.5, 0.6) is 0 Å². The van der Waals surface area contributed by atoms with Crippen molar-refractivity contribution >= 4 is 21.4 Å². The van der Waals surface area contributed by atoms with Crippen molar-refractivity contribution < 1.29 is 13.3 Å². The molecule has 1 fully saturated rings. The second-order valence-corrected chi connectivity index (χ2v) is 7.62. The van der Waals surface area contributed by atoms with E-state index in [-0.39, 0.29) is 16.3 Å². The van der Waals surface area contributed by atoms with E-state index in [1.54, 1.807) is 0 Å². The lowest BCUT2D eigenvalue weighted by atomic mass is 10.2. The molecule has 0 saturated heterocycles. The van der Waals surface area contributed by atoms with E-state index in [4.69, 9.17) is 5.14 Å². The summed E-state index contributed by atoms with van der Waals surface area (Å²) >= 11 is 0. The molecule has 1 aromatic heterocycles. The van der Waals surface area contributed by atoms with Gasteiger partial charge in [0.15, 0.2) is 0 Å². The van der Waals surface area contributed by atoms with Crippen LogP contribution < -0.4 is 10.5 Å². The predicted molar refractivity (Wildman–Crippen MR) is 91.5 cm³/mol. The third-order valence-corrected chi connectivity index (χ3v) is 5.23. The Kier molecular flexibility index (Phi) is 4.73. The molecule has 25 heavy (non-hydrogen) atoms. The fraction of sp³-hybridized carbons (Fsp3) is 0.400. The Morgan fingerprint density at radius 2 is 2.04 bits per heavy atom. The molecule has 10 heteroatoms. The number of aromatic nitrogens is 2. The van der Waals surface area contributed by atoms with Crippen molar-refractivity contribution in [3.05, 3.63) is 46.3 Å². The number of nitro benzene ring substituents is 1. The quantitative estimate of drug-likeness (QED) is 0.595. The van der Waals surface area contributed by atoms with Crippen LogP contribution >= 0.6 is 0 Å². The van der Waals surface area contributed by atoms with Gasteiger partial charge in [-0.3, -0.25) is 14.8 Å². The topological polar surface area (TPSA) is 133 Å². The second-order valence-electron chi connectivity index (χ2n) is 6.06. The smallest absolute Gasteiger partial charge is 0.293 e. The number of nitro groups is 1. The lowest BCUT2D eigenvalue weighted by Gasteiger charge is -2.09. The van der Waals surface area contributed by atoms with E-state index >= 15 is 0 Å². The molecule has 0 aliphatic heterocycles. The van der Waals surface area contributed by atoms with Crippen molar-refractivity contribution in [1.29, 1.82) is 0 Å². The highest BCUT2D eigenvalue weighted by Crippen LogP contribution is 2.29. The number of anilines is 1. The van der Waals surface area contributed by atoms with E-state index in [1.807, 2.05) is 16.9 Å². The van der Waals surface area contributed by atoms with Crippen molar-refractivity contribution in [2.24, 2.45) is 5.14 Å². The molecule has 1 saturated carbocycles. The van der Waals surface area contributed by atoms with Crippen molar-refractivity contribution in [3.8, 4) is 0 Å². The lowest BCUT2D eigenvalue weighted by Crippen LogP contribution is -2.13. The predicted octanol–water partition coefficient (Wildman–Crippen LogP) is 2.17. The monoisotopic (exact) mass is 365 g/mol. The van der Waals surface area contributed by atoms with Crippen LogP contribution in [0.25, 0.3) is 0 Å². The Balaban J connectivity index is 1.75. The summed E-state index contributed by atoms with van der Waals surface area (Å²) in [5.41, 5.74) is 0.631. The van der Waals surface area contributed by atoms with Crippen molar-refractivity contribution in [1.82, 2.24) is 9.78 Å². The van der Waals surface area contributed by atoms with Gasteiger partial charge in [0.1, 0.15) is 5.69 Å². The van der Waals surface area contributed by atoms with E-state index in [0.717, 1.165) is 24.6 Å². The van der Waals surface area contributed by atoms with E-state index in [0.29, 0.717) is 12.6 Å². The average molecular weight is 365 g/mol. The Labute approximate surface area is 145 Å². The van der Waals surface area contributed by atoms with Crippen LogP contribution in [-0.4, -0.2) is 23.1 Å². The third kappa shape index (κ3) is 3.97. The summed E-state index contributed by atoms with van der Waals surface area (Å²) in [6, 6.07) is 5.83. The Hall–Kier alpha value is -2.46. The molecule has 3 rings (SSSR count). The van der Waals surface area contributed by atoms with Crippen LogP contribution in [-0.2, 0) is 16.6 Å². The highest BCUT2D eigenvalue weighted by molar-refractivity contribution is 7.89. The summed E-state index contributed by atoms with van der Waals surface area (Å²) in [5.74, 6) is 0. The fourth-order valence-corrected chi connectivity index (χ4v) is 3.55. The van der Waals surface area contributed by atoms with E-state index in [1.165, 1.54) is 25.0 Å². The summed E-state index contributed by atoms with van der Waals surface area (Å²) in [6.45, 7) is 0.301. The van der Waals surface area contributed by atoms with Gasteiger partial charge in [-0.15, -0.1) is 0 Å². The van der Waals surface area contributed by atoms with E-state index < -0.39 is 14.9 Å². The van der Waals surface area contributed by atoms with Crippen LogP contribution in [0.4, 0.5) is 11.4 Å². The van der Waals surface area contributed by atoms with Gasteiger partial charge < -0.3 is 5.32 Å². The first-order valence-corrected chi connectivity index (χ1v) is 9.48. The van der Waals surface area contributed by atoms with Gasteiger partial charge in [0.2, 0.25) is 10.0 Å². The zero-order valence-electron chi connectivity index (χ0n) is 13.5. The number of nitrogens with two attached hydrogens (primary N) is 1. The van der Waals surface area contributed by atoms with Gasteiger partial charge in [0, 0.05) is 12.3 Å². The van der Waals surface area contributed by atoms with Gasteiger partial charge in [0.25, 0.3) is 5.69 Å². The van der Waals surface area contributed by atoms with Gasteiger partial charge in [0.05, 0.1) is 28.1 Å². The number of hydrogen-bond donors (Lipinski definition) is 2. The molecule has 1 aliphatic rings. The molecule has 9 nitrogen and oxygen atoms in total. The summed E-state index contributed by atoms with van der Waals surface area (Å²) in [6.07, 6.45) is 6.58. The summed E-state index contributed by atoms with van der Waals surface area (Å²) in [7, 11) is -4.00. The standard InChI is InChI=1S/C15H19N5O4S/c16-25(23,24)13-5-6-14(15(9-13)20(21)22)17-10-11-7-8-19(18-11)12-3-1-2-4-12/h5-9,12,17H,1-4,10H2,(H2,16,23,24). The molecule has 0 spiro atoms. The van der Waals surface area contributed by atoms with Crippen LogP contribution in [0.3, 0.4) is 0 Å². The number of rotatable bonds is 6. The van der Waals surface area contributed by atoms with Crippen molar-refractivity contribution in [2.75, 3.05) is 5.32 Å². The van der Waals surface area contributed by atoms with Gasteiger partial charge in [-0.05, 0) is 31.0 Å². The number of sulfonamides is 1. The molecule has 0 bridgehead atoms. The molecular formula is C15H19N5O4S. The molecule has 0 radical (unpaired) electrons.